The Morgan fingerprint density at radius 3 is 2.31 bits per heavy atom. The van der Waals surface area contributed by atoms with Crippen LogP contribution in [0.4, 0.5) is 13.2 Å². The molecule has 1 atom stereocenters. The first kappa shape index (κ1) is 12.8. The zero-order valence-electron chi connectivity index (χ0n) is 8.67. The number of rotatable bonds is 2. The van der Waals surface area contributed by atoms with Gasteiger partial charge in [-0.1, -0.05) is 6.92 Å². The van der Waals surface area contributed by atoms with E-state index < -0.39 is 36.4 Å². The summed E-state index contributed by atoms with van der Waals surface area (Å²) in [6.45, 7) is 0.591. The van der Waals surface area contributed by atoms with Gasteiger partial charge in [0.25, 0.3) is 0 Å². The molecule has 7 heteroatoms. The van der Waals surface area contributed by atoms with E-state index in [1.807, 2.05) is 0 Å². The molecule has 0 saturated carbocycles. The molecule has 1 aliphatic heterocycles. The van der Waals surface area contributed by atoms with Crippen LogP contribution in [0.5, 0.6) is 0 Å². The van der Waals surface area contributed by atoms with Crippen molar-refractivity contribution < 1.29 is 27.9 Å². The lowest BCUT2D eigenvalue weighted by atomic mass is 9.86. The van der Waals surface area contributed by atoms with E-state index in [9.17, 15) is 22.8 Å². The summed E-state index contributed by atoms with van der Waals surface area (Å²) in [6, 6.07) is 0. The van der Waals surface area contributed by atoms with E-state index in [4.69, 9.17) is 5.11 Å². The third kappa shape index (κ3) is 1.85. The molecular formula is C9H12F3NO3. The van der Waals surface area contributed by atoms with Crippen molar-refractivity contribution >= 4 is 11.9 Å². The van der Waals surface area contributed by atoms with Gasteiger partial charge in [-0.15, -0.1) is 0 Å². The number of alkyl halides is 3. The molecule has 92 valence electrons. The van der Waals surface area contributed by atoms with Gasteiger partial charge in [0.1, 0.15) is 0 Å². The van der Waals surface area contributed by atoms with Gasteiger partial charge >= 0.3 is 12.1 Å². The van der Waals surface area contributed by atoms with E-state index >= 15 is 0 Å². The van der Waals surface area contributed by atoms with Gasteiger partial charge in [-0.2, -0.15) is 13.2 Å². The second-order valence-electron chi connectivity index (χ2n) is 3.80. The zero-order valence-corrected chi connectivity index (χ0v) is 8.67. The quantitative estimate of drug-likeness (QED) is 0.789. The molecule has 0 radical (unpaired) electrons. The lowest BCUT2D eigenvalue weighted by Crippen LogP contribution is -2.47. The Hall–Kier alpha value is -1.27. The van der Waals surface area contributed by atoms with Gasteiger partial charge in [0.05, 0.1) is 0 Å². The number of halogens is 3. The maximum Gasteiger partial charge on any atom is 0.406 e. The van der Waals surface area contributed by atoms with Gasteiger partial charge in [0.15, 0.2) is 5.41 Å². The Morgan fingerprint density at radius 2 is 2.00 bits per heavy atom. The standard InChI is InChI=1S/C9H12F3NO3/c1-2-6(14)13-4-3-8(5-13,7(15)16)9(10,11)12/h2-5H2,1H3,(H,15,16). The summed E-state index contributed by atoms with van der Waals surface area (Å²) >= 11 is 0. The maximum atomic E-state index is 12.7. The second-order valence-corrected chi connectivity index (χ2v) is 3.80. The molecule has 1 aliphatic rings. The molecule has 4 nitrogen and oxygen atoms in total. The summed E-state index contributed by atoms with van der Waals surface area (Å²) in [7, 11) is 0. The molecule has 16 heavy (non-hydrogen) atoms. The minimum absolute atomic E-state index is 0.0769. The molecule has 0 aromatic rings. The van der Waals surface area contributed by atoms with Crippen molar-refractivity contribution in [3.05, 3.63) is 0 Å². The second kappa shape index (κ2) is 3.95. The van der Waals surface area contributed by atoms with Crippen LogP contribution < -0.4 is 0 Å². The van der Waals surface area contributed by atoms with Gasteiger partial charge in [-0.05, 0) is 6.42 Å². The summed E-state index contributed by atoms with van der Waals surface area (Å²) in [5.41, 5.74) is -2.79. The molecule has 1 saturated heterocycles. The van der Waals surface area contributed by atoms with Crippen molar-refractivity contribution in [1.29, 1.82) is 0 Å². The van der Waals surface area contributed by atoms with Gasteiger partial charge in [0, 0.05) is 19.5 Å². The first-order chi connectivity index (χ1) is 7.24. The van der Waals surface area contributed by atoms with E-state index in [0.717, 1.165) is 4.90 Å². The first-order valence-corrected chi connectivity index (χ1v) is 4.82. The van der Waals surface area contributed by atoms with Gasteiger partial charge in [-0.3, -0.25) is 9.59 Å². The third-order valence-electron chi connectivity index (χ3n) is 2.88. The number of likely N-dealkylation sites (tertiary alicyclic amines) is 1. The zero-order chi connectivity index (χ0) is 12.6. The minimum atomic E-state index is -4.83. The summed E-state index contributed by atoms with van der Waals surface area (Å²) in [4.78, 5) is 22.9. The van der Waals surface area contributed by atoms with Crippen molar-refractivity contribution in [2.75, 3.05) is 13.1 Å². The number of carboxylic acids is 1. The fourth-order valence-electron chi connectivity index (χ4n) is 1.77. The number of carbonyl (C=O) groups is 2. The van der Waals surface area contributed by atoms with E-state index in [1.54, 1.807) is 0 Å². The van der Waals surface area contributed by atoms with Crippen molar-refractivity contribution in [1.82, 2.24) is 4.90 Å². The largest absolute Gasteiger partial charge is 0.481 e. The lowest BCUT2D eigenvalue weighted by Gasteiger charge is -2.27. The minimum Gasteiger partial charge on any atom is -0.481 e. The number of amides is 1. The molecular weight excluding hydrogens is 227 g/mol. The highest BCUT2D eigenvalue weighted by Gasteiger charge is 2.64. The van der Waals surface area contributed by atoms with Crippen LogP contribution in [0.3, 0.4) is 0 Å². The van der Waals surface area contributed by atoms with E-state index in [0.29, 0.717) is 0 Å². The summed E-state index contributed by atoms with van der Waals surface area (Å²) < 4.78 is 38.1. The third-order valence-corrected chi connectivity index (χ3v) is 2.88. The SMILES string of the molecule is CCC(=O)N1CCC(C(=O)O)(C(F)(F)F)C1. The van der Waals surface area contributed by atoms with Crippen molar-refractivity contribution in [2.45, 2.75) is 25.9 Å². The van der Waals surface area contributed by atoms with Crippen LogP contribution in [0.25, 0.3) is 0 Å². The normalized spacial score (nSPS) is 25.9. The average molecular weight is 239 g/mol. The summed E-state index contributed by atoms with van der Waals surface area (Å²) in [5.74, 6) is -2.36. The van der Waals surface area contributed by atoms with Crippen LogP contribution in [0.1, 0.15) is 19.8 Å². The van der Waals surface area contributed by atoms with Crippen LogP contribution >= 0.6 is 0 Å². The Bertz CT molecular complexity index is 316. The monoisotopic (exact) mass is 239 g/mol. The molecule has 1 amide bonds. The number of hydrogen-bond acceptors (Lipinski definition) is 2. The average Bonchev–Trinajstić information content (AvgIpc) is 2.61. The number of aliphatic carboxylic acids is 1. The van der Waals surface area contributed by atoms with E-state index in [-0.39, 0.29) is 13.0 Å². The molecule has 1 fully saturated rings. The molecule has 1 unspecified atom stereocenters. The Balaban J connectivity index is 2.94. The van der Waals surface area contributed by atoms with Crippen LogP contribution in [0.15, 0.2) is 0 Å². The smallest absolute Gasteiger partial charge is 0.406 e. The van der Waals surface area contributed by atoms with Crippen LogP contribution in [0, 0.1) is 5.41 Å². The van der Waals surface area contributed by atoms with E-state index in [1.165, 1.54) is 6.92 Å². The van der Waals surface area contributed by atoms with Crippen molar-refractivity contribution in [3.63, 3.8) is 0 Å². The lowest BCUT2D eigenvalue weighted by molar-refractivity contribution is -0.227. The topological polar surface area (TPSA) is 57.6 Å². The first-order valence-electron chi connectivity index (χ1n) is 4.82. The molecule has 1 rings (SSSR count). The van der Waals surface area contributed by atoms with Crippen LogP contribution in [-0.4, -0.2) is 41.1 Å². The predicted molar refractivity (Wildman–Crippen MR) is 47.6 cm³/mol. The Labute approximate surface area is 90.0 Å². The van der Waals surface area contributed by atoms with E-state index in [2.05, 4.69) is 0 Å². The Morgan fingerprint density at radius 1 is 1.44 bits per heavy atom. The maximum absolute atomic E-state index is 12.7. The van der Waals surface area contributed by atoms with Crippen LogP contribution in [0.2, 0.25) is 0 Å². The van der Waals surface area contributed by atoms with Crippen molar-refractivity contribution in [3.8, 4) is 0 Å². The molecule has 0 aromatic carbocycles. The number of hydrogen-bond donors (Lipinski definition) is 1. The van der Waals surface area contributed by atoms with Crippen LogP contribution in [-0.2, 0) is 9.59 Å². The number of carbonyl (C=O) groups excluding carboxylic acids is 1. The highest BCUT2D eigenvalue weighted by atomic mass is 19.4. The highest BCUT2D eigenvalue weighted by molar-refractivity contribution is 5.81. The van der Waals surface area contributed by atoms with Gasteiger partial charge in [0.2, 0.25) is 5.91 Å². The van der Waals surface area contributed by atoms with Crippen molar-refractivity contribution in [2.24, 2.45) is 5.41 Å². The molecule has 1 heterocycles. The van der Waals surface area contributed by atoms with Gasteiger partial charge in [-0.25, -0.2) is 0 Å². The van der Waals surface area contributed by atoms with Gasteiger partial charge < -0.3 is 10.0 Å². The fourth-order valence-corrected chi connectivity index (χ4v) is 1.77. The predicted octanol–water partition coefficient (Wildman–Crippen LogP) is 1.26. The molecule has 0 bridgehead atoms. The highest BCUT2D eigenvalue weighted by Crippen LogP contribution is 2.45. The fraction of sp³-hybridized carbons (Fsp3) is 0.778. The molecule has 0 spiro atoms. The molecule has 1 N–H and O–H groups in total. The number of carboxylic acid groups (broad SMARTS) is 1. The summed E-state index contributed by atoms with van der Waals surface area (Å²) in [6.07, 6.45) is -5.33. The molecule has 0 aromatic heterocycles. The Kier molecular flexibility index (Phi) is 3.16. The molecule has 0 aliphatic carbocycles. The summed E-state index contributed by atoms with van der Waals surface area (Å²) in [5, 5.41) is 8.71. The number of nitrogens with zero attached hydrogens (tertiary/aromatic N) is 1.